The normalized spacial score (nSPS) is 20.1. The van der Waals surface area contributed by atoms with Crippen molar-refractivity contribution in [2.24, 2.45) is 0 Å². The van der Waals surface area contributed by atoms with Crippen LogP contribution in [-0.4, -0.2) is 49.8 Å². The summed E-state index contributed by atoms with van der Waals surface area (Å²) in [5.74, 6) is 0.226. The van der Waals surface area contributed by atoms with Crippen molar-refractivity contribution in [3.05, 3.63) is 23.8 Å². The topological polar surface area (TPSA) is 96.9 Å². The number of rotatable bonds is 7. The molecule has 1 aliphatic rings. The molecule has 1 aliphatic heterocycles. The number of amides is 1. The molecule has 2 atom stereocenters. The predicted molar refractivity (Wildman–Crippen MR) is 83.8 cm³/mol. The lowest BCUT2D eigenvalue weighted by Gasteiger charge is -2.14. The van der Waals surface area contributed by atoms with E-state index in [9.17, 15) is 9.59 Å². The largest absolute Gasteiger partial charge is 0.493 e. The van der Waals surface area contributed by atoms with E-state index in [1.54, 1.807) is 14.2 Å². The molecule has 0 bridgehead atoms. The number of hydrogen-bond acceptors (Lipinski definition) is 5. The number of benzene rings is 1. The first-order chi connectivity index (χ1) is 11.1. The van der Waals surface area contributed by atoms with Gasteiger partial charge >= 0.3 is 5.97 Å². The molecule has 1 aromatic carbocycles. The fourth-order valence-corrected chi connectivity index (χ4v) is 2.74. The lowest BCUT2D eigenvalue weighted by molar-refractivity contribution is -0.139. The minimum atomic E-state index is -0.915. The number of methoxy groups -OCH3 is 2. The lowest BCUT2D eigenvalue weighted by atomic mass is 10.1. The van der Waals surface area contributed by atoms with Crippen LogP contribution in [0.1, 0.15) is 18.4 Å². The van der Waals surface area contributed by atoms with Crippen molar-refractivity contribution < 1.29 is 24.2 Å². The van der Waals surface area contributed by atoms with E-state index in [0.717, 1.165) is 5.56 Å². The van der Waals surface area contributed by atoms with Crippen LogP contribution in [0.3, 0.4) is 0 Å². The van der Waals surface area contributed by atoms with Gasteiger partial charge in [-0.2, -0.15) is 0 Å². The van der Waals surface area contributed by atoms with E-state index < -0.39 is 18.1 Å². The van der Waals surface area contributed by atoms with Crippen molar-refractivity contribution in [1.29, 1.82) is 0 Å². The molecule has 0 radical (unpaired) electrons. The third-order valence-corrected chi connectivity index (χ3v) is 3.94. The molecule has 23 heavy (non-hydrogen) atoms. The van der Waals surface area contributed by atoms with Crippen LogP contribution >= 0.6 is 0 Å². The van der Waals surface area contributed by atoms with Crippen molar-refractivity contribution >= 4 is 11.9 Å². The molecule has 1 heterocycles. The summed E-state index contributed by atoms with van der Waals surface area (Å²) in [6.45, 7) is 0.443. The maximum atomic E-state index is 12.1. The highest BCUT2D eigenvalue weighted by Crippen LogP contribution is 2.30. The van der Waals surface area contributed by atoms with E-state index in [0.29, 0.717) is 37.3 Å². The van der Waals surface area contributed by atoms with Gasteiger partial charge < -0.3 is 19.9 Å². The summed E-state index contributed by atoms with van der Waals surface area (Å²) in [4.78, 5) is 22.9. The molecule has 0 unspecified atom stereocenters. The van der Waals surface area contributed by atoms with E-state index in [4.69, 9.17) is 14.6 Å². The smallest absolute Gasteiger partial charge is 0.320 e. The second kappa shape index (κ2) is 7.82. The Morgan fingerprint density at radius 1 is 1.26 bits per heavy atom. The Morgan fingerprint density at radius 3 is 2.61 bits per heavy atom. The van der Waals surface area contributed by atoms with Crippen LogP contribution in [0.5, 0.6) is 11.5 Å². The second-order valence-corrected chi connectivity index (χ2v) is 5.38. The molecule has 1 saturated heterocycles. The van der Waals surface area contributed by atoms with Crippen LogP contribution in [0.25, 0.3) is 0 Å². The quantitative estimate of drug-likeness (QED) is 0.679. The van der Waals surface area contributed by atoms with Crippen molar-refractivity contribution in [3.8, 4) is 11.5 Å². The molecule has 2 rings (SSSR count). The number of hydrogen-bond donors (Lipinski definition) is 3. The fourth-order valence-electron chi connectivity index (χ4n) is 2.74. The van der Waals surface area contributed by atoms with Gasteiger partial charge in [0.05, 0.1) is 20.3 Å². The van der Waals surface area contributed by atoms with Gasteiger partial charge in [0.15, 0.2) is 11.5 Å². The third-order valence-electron chi connectivity index (χ3n) is 3.94. The first-order valence-corrected chi connectivity index (χ1v) is 7.53. The lowest BCUT2D eigenvalue weighted by Crippen LogP contribution is -2.45. The van der Waals surface area contributed by atoms with Gasteiger partial charge in [-0.3, -0.25) is 14.9 Å². The first kappa shape index (κ1) is 17.1. The molecular formula is C16H22N2O5. The van der Waals surface area contributed by atoms with Crippen LogP contribution in [0.4, 0.5) is 0 Å². The van der Waals surface area contributed by atoms with E-state index in [1.165, 1.54) is 0 Å². The van der Waals surface area contributed by atoms with Crippen molar-refractivity contribution in [2.45, 2.75) is 31.3 Å². The Morgan fingerprint density at radius 2 is 2.00 bits per heavy atom. The van der Waals surface area contributed by atoms with E-state index in [-0.39, 0.29) is 5.91 Å². The standard InChI is InChI=1S/C16H22N2O5/c1-22-13-5-3-4-10(14(13)23-2)8-9-17-15(19)11-6-7-12(18-11)16(20)21/h3-5,11-12,18H,6-9H2,1-2H3,(H,17,19)(H,20,21)/t11-,12+/m1/s1. The van der Waals surface area contributed by atoms with Gasteiger partial charge in [-0.25, -0.2) is 0 Å². The molecular weight excluding hydrogens is 300 g/mol. The number of ether oxygens (including phenoxy) is 2. The summed E-state index contributed by atoms with van der Waals surface area (Å²) >= 11 is 0. The predicted octanol–water partition coefficient (Wildman–Crippen LogP) is 0.568. The van der Waals surface area contributed by atoms with Gasteiger partial charge in [0.25, 0.3) is 0 Å². The highest BCUT2D eigenvalue weighted by Gasteiger charge is 2.32. The summed E-state index contributed by atoms with van der Waals surface area (Å²) in [6, 6.07) is 4.53. The van der Waals surface area contributed by atoms with Gasteiger partial charge in [0.1, 0.15) is 6.04 Å². The minimum Gasteiger partial charge on any atom is -0.493 e. The Hall–Kier alpha value is -2.28. The first-order valence-electron chi connectivity index (χ1n) is 7.53. The summed E-state index contributed by atoms with van der Waals surface area (Å²) < 4.78 is 10.6. The zero-order valence-electron chi connectivity index (χ0n) is 13.3. The molecule has 3 N–H and O–H groups in total. The van der Waals surface area contributed by atoms with Gasteiger partial charge in [0, 0.05) is 6.54 Å². The average Bonchev–Trinajstić information content (AvgIpc) is 3.04. The van der Waals surface area contributed by atoms with E-state index in [2.05, 4.69) is 10.6 Å². The number of carbonyl (C=O) groups is 2. The highest BCUT2D eigenvalue weighted by molar-refractivity contribution is 5.84. The maximum Gasteiger partial charge on any atom is 0.320 e. The van der Waals surface area contributed by atoms with Crippen LogP contribution in [-0.2, 0) is 16.0 Å². The molecule has 1 aromatic rings. The monoisotopic (exact) mass is 322 g/mol. The number of nitrogens with one attached hydrogen (secondary N) is 2. The molecule has 0 saturated carbocycles. The van der Waals surface area contributed by atoms with Gasteiger partial charge in [-0.1, -0.05) is 12.1 Å². The molecule has 1 fully saturated rings. The van der Waals surface area contributed by atoms with Gasteiger partial charge in [0.2, 0.25) is 5.91 Å². The fraction of sp³-hybridized carbons (Fsp3) is 0.500. The molecule has 0 spiro atoms. The van der Waals surface area contributed by atoms with E-state index >= 15 is 0 Å². The molecule has 1 amide bonds. The zero-order chi connectivity index (χ0) is 16.8. The Kier molecular flexibility index (Phi) is 5.81. The van der Waals surface area contributed by atoms with Crippen LogP contribution < -0.4 is 20.1 Å². The van der Waals surface area contributed by atoms with Crippen molar-refractivity contribution in [1.82, 2.24) is 10.6 Å². The van der Waals surface area contributed by atoms with Crippen LogP contribution in [0, 0.1) is 0 Å². The molecule has 126 valence electrons. The zero-order valence-corrected chi connectivity index (χ0v) is 13.3. The molecule has 0 aliphatic carbocycles. The van der Waals surface area contributed by atoms with Crippen molar-refractivity contribution in [3.63, 3.8) is 0 Å². The summed E-state index contributed by atoms with van der Waals surface area (Å²) in [5.41, 5.74) is 0.940. The average molecular weight is 322 g/mol. The van der Waals surface area contributed by atoms with E-state index in [1.807, 2.05) is 18.2 Å². The Bertz CT molecular complexity index is 576. The summed E-state index contributed by atoms with van der Waals surface area (Å²) in [7, 11) is 3.16. The highest BCUT2D eigenvalue weighted by atomic mass is 16.5. The van der Waals surface area contributed by atoms with Gasteiger partial charge in [-0.15, -0.1) is 0 Å². The number of aliphatic carboxylic acids is 1. The SMILES string of the molecule is COc1cccc(CCNC(=O)[C@H]2CC[C@@H](C(=O)O)N2)c1OC. The Labute approximate surface area is 135 Å². The number of para-hydroxylation sites is 1. The molecule has 0 aromatic heterocycles. The number of carboxylic acids is 1. The second-order valence-electron chi connectivity index (χ2n) is 5.38. The van der Waals surface area contributed by atoms with Crippen LogP contribution in [0.15, 0.2) is 18.2 Å². The van der Waals surface area contributed by atoms with Crippen LogP contribution in [0.2, 0.25) is 0 Å². The molecule has 7 nitrogen and oxygen atoms in total. The summed E-state index contributed by atoms with van der Waals surface area (Å²) in [6.07, 6.45) is 1.60. The maximum absolute atomic E-state index is 12.1. The number of carbonyl (C=O) groups excluding carboxylic acids is 1. The Balaban J connectivity index is 1.86. The third kappa shape index (κ3) is 4.13. The minimum absolute atomic E-state index is 0.171. The number of carboxylic acid groups (broad SMARTS) is 1. The summed E-state index contributed by atoms with van der Waals surface area (Å²) in [5, 5.41) is 14.6. The van der Waals surface area contributed by atoms with Crippen molar-refractivity contribution in [2.75, 3.05) is 20.8 Å². The van der Waals surface area contributed by atoms with Gasteiger partial charge in [-0.05, 0) is 30.9 Å². The molecule has 7 heteroatoms.